The number of ether oxygens (including phenoxy) is 2. The molecule has 0 bridgehead atoms. The molecule has 0 unspecified atom stereocenters. The summed E-state index contributed by atoms with van der Waals surface area (Å²) in [5.74, 6) is 0.871. The molecule has 0 aliphatic carbocycles. The minimum Gasteiger partial charge on any atom is -0.497 e. The van der Waals surface area contributed by atoms with E-state index >= 15 is 0 Å². The predicted octanol–water partition coefficient (Wildman–Crippen LogP) is 9.88. The molecule has 3 rings (SSSR count). The molecular weight excluding hydrogens is 659 g/mol. The van der Waals surface area contributed by atoms with Crippen molar-refractivity contribution in [2.45, 2.75) is 109 Å². The van der Waals surface area contributed by atoms with Crippen LogP contribution in [0.5, 0.6) is 5.75 Å². The highest BCUT2D eigenvalue weighted by Gasteiger charge is 2.50. The molecule has 0 amide bonds. The molecule has 0 radical (unpaired) electrons. The second kappa shape index (κ2) is 19.7. The van der Waals surface area contributed by atoms with E-state index in [4.69, 9.17) is 13.9 Å². The standard InChI is InChI=1S/C38H55IO3Si/c1-38(2,3)43(36-22-16-13-17-23-36,37-24-18-14-19-25-37)42-32-35(41-31-33-26-28-34(40-4)29-27-33)21-15-11-9-7-5-6-8-10-12-20-30-39/h13-14,16-19,22-29,35H,5-12,15,20-21,30-32H2,1-4H3/t35-/m0/s1. The molecule has 0 aliphatic rings. The van der Waals surface area contributed by atoms with E-state index in [1.165, 1.54) is 79.0 Å². The summed E-state index contributed by atoms with van der Waals surface area (Å²) in [5.41, 5.74) is 1.16. The summed E-state index contributed by atoms with van der Waals surface area (Å²) in [6, 6.07) is 30.1. The van der Waals surface area contributed by atoms with Crippen molar-refractivity contribution >= 4 is 41.3 Å². The molecule has 0 fully saturated rings. The van der Waals surface area contributed by atoms with Gasteiger partial charge < -0.3 is 13.9 Å². The van der Waals surface area contributed by atoms with Crippen LogP contribution in [0.4, 0.5) is 0 Å². The number of halogens is 1. The lowest BCUT2D eigenvalue weighted by Crippen LogP contribution is -2.67. The molecule has 0 aromatic heterocycles. The molecular formula is C38H55IO3Si. The van der Waals surface area contributed by atoms with Gasteiger partial charge in [-0.2, -0.15) is 0 Å². The summed E-state index contributed by atoms with van der Waals surface area (Å²) in [7, 11) is -0.906. The van der Waals surface area contributed by atoms with Gasteiger partial charge in [-0.15, -0.1) is 0 Å². The Labute approximate surface area is 277 Å². The van der Waals surface area contributed by atoms with E-state index in [9.17, 15) is 0 Å². The van der Waals surface area contributed by atoms with E-state index < -0.39 is 8.32 Å². The SMILES string of the molecule is COc1ccc(CO[C@@H](CCCCCCCCCCCCI)CO[Si](c2ccccc2)(c2ccccc2)C(C)(C)C)cc1. The van der Waals surface area contributed by atoms with Crippen LogP contribution >= 0.6 is 22.6 Å². The maximum Gasteiger partial charge on any atom is 0.261 e. The fourth-order valence-corrected chi connectivity index (χ4v) is 11.1. The van der Waals surface area contributed by atoms with Crippen molar-refractivity contribution in [3.05, 3.63) is 90.5 Å². The second-order valence-corrected chi connectivity index (χ2v) is 18.2. The van der Waals surface area contributed by atoms with E-state index in [1.54, 1.807) is 7.11 Å². The Kier molecular flexibility index (Phi) is 16.4. The van der Waals surface area contributed by atoms with E-state index in [0.29, 0.717) is 13.2 Å². The third-order valence-electron chi connectivity index (χ3n) is 8.46. The summed E-state index contributed by atoms with van der Waals surface area (Å²) in [4.78, 5) is 0. The highest BCUT2D eigenvalue weighted by Crippen LogP contribution is 2.37. The van der Waals surface area contributed by atoms with Gasteiger partial charge in [0.05, 0.1) is 26.4 Å². The van der Waals surface area contributed by atoms with Gasteiger partial charge in [-0.25, -0.2) is 0 Å². The van der Waals surface area contributed by atoms with Crippen molar-refractivity contribution in [3.63, 3.8) is 0 Å². The molecule has 43 heavy (non-hydrogen) atoms. The second-order valence-electron chi connectivity index (χ2n) is 12.8. The predicted molar refractivity (Wildman–Crippen MR) is 195 cm³/mol. The quantitative estimate of drug-likeness (QED) is 0.0476. The topological polar surface area (TPSA) is 27.7 Å². The molecule has 3 aromatic rings. The maximum absolute atomic E-state index is 7.30. The number of benzene rings is 3. The Morgan fingerprint density at radius 3 is 1.60 bits per heavy atom. The average Bonchev–Trinajstić information content (AvgIpc) is 3.03. The van der Waals surface area contributed by atoms with Gasteiger partial charge in [-0.3, -0.25) is 0 Å². The fraction of sp³-hybridized carbons (Fsp3) is 0.526. The van der Waals surface area contributed by atoms with Crippen LogP contribution in [0, 0.1) is 0 Å². The van der Waals surface area contributed by atoms with Crippen molar-refractivity contribution in [1.29, 1.82) is 0 Å². The summed E-state index contributed by atoms with van der Waals surface area (Å²) >= 11 is 2.49. The van der Waals surface area contributed by atoms with Crippen molar-refractivity contribution in [2.24, 2.45) is 0 Å². The summed E-state index contributed by atoms with van der Waals surface area (Å²) in [6.45, 7) is 8.21. The molecule has 236 valence electrons. The molecule has 0 saturated carbocycles. The van der Waals surface area contributed by atoms with Gasteiger partial charge in [0.1, 0.15) is 5.75 Å². The lowest BCUT2D eigenvalue weighted by atomic mass is 10.0. The molecule has 0 N–H and O–H groups in total. The number of hydrogen-bond donors (Lipinski definition) is 0. The summed E-state index contributed by atoms with van der Waals surface area (Å²) < 4.78 is 20.6. The van der Waals surface area contributed by atoms with Crippen LogP contribution < -0.4 is 15.1 Å². The highest BCUT2D eigenvalue weighted by atomic mass is 127. The average molecular weight is 715 g/mol. The third kappa shape index (κ3) is 11.6. The minimum absolute atomic E-state index is 0.0432. The molecule has 0 saturated heterocycles. The molecule has 3 aromatic carbocycles. The van der Waals surface area contributed by atoms with Crippen LogP contribution in [0.2, 0.25) is 5.04 Å². The van der Waals surface area contributed by atoms with Crippen molar-refractivity contribution < 1.29 is 13.9 Å². The normalized spacial score (nSPS) is 12.8. The first-order valence-electron chi connectivity index (χ1n) is 16.5. The lowest BCUT2D eigenvalue weighted by Gasteiger charge is -2.43. The van der Waals surface area contributed by atoms with Gasteiger partial charge >= 0.3 is 0 Å². The van der Waals surface area contributed by atoms with Crippen LogP contribution in [-0.4, -0.2) is 32.6 Å². The van der Waals surface area contributed by atoms with Crippen LogP contribution in [0.15, 0.2) is 84.9 Å². The van der Waals surface area contributed by atoms with Crippen LogP contribution in [-0.2, 0) is 15.8 Å². The lowest BCUT2D eigenvalue weighted by molar-refractivity contribution is 0.000764. The van der Waals surface area contributed by atoms with Crippen LogP contribution in [0.1, 0.15) is 97.0 Å². The van der Waals surface area contributed by atoms with Crippen LogP contribution in [0.3, 0.4) is 0 Å². The van der Waals surface area contributed by atoms with Crippen LogP contribution in [0.25, 0.3) is 0 Å². The number of unbranched alkanes of at least 4 members (excludes halogenated alkanes) is 9. The molecule has 3 nitrogen and oxygen atoms in total. The van der Waals surface area contributed by atoms with Gasteiger partial charge in [0, 0.05) is 0 Å². The first kappa shape index (κ1) is 35.8. The smallest absolute Gasteiger partial charge is 0.261 e. The zero-order valence-corrected chi connectivity index (χ0v) is 30.3. The highest BCUT2D eigenvalue weighted by molar-refractivity contribution is 14.1. The van der Waals surface area contributed by atoms with E-state index in [2.05, 4.69) is 116 Å². The number of alkyl halides is 1. The molecule has 1 atom stereocenters. The zero-order chi connectivity index (χ0) is 30.8. The van der Waals surface area contributed by atoms with Gasteiger partial charge in [0.25, 0.3) is 8.32 Å². The first-order chi connectivity index (χ1) is 20.9. The molecule has 0 heterocycles. The van der Waals surface area contributed by atoms with Gasteiger partial charge in [-0.1, -0.05) is 174 Å². The molecule has 5 heteroatoms. The van der Waals surface area contributed by atoms with E-state index in [1.807, 2.05) is 12.1 Å². The summed E-state index contributed by atoms with van der Waals surface area (Å²) in [6.07, 6.45) is 14.5. The van der Waals surface area contributed by atoms with E-state index in [-0.39, 0.29) is 11.1 Å². The van der Waals surface area contributed by atoms with Gasteiger partial charge in [0.2, 0.25) is 0 Å². The zero-order valence-electron chi connectivity index (χ0n) is 27.2. The molecule has 0 aliphatic heterocycles. The Hall–Kier alpha value is -1.67. The largest absolute Gasteiger partial charge is 0.497 e. The van der Waals surface area contributed by atoms with Gasteiger partial charge in [-0.05, 0) is 50.4 Å². The van der Waals surface area contributed by atoms with Crippen molar-refractivity contribution in [1.82, 2.24) is 0 Å². The molecule has 0 spiro atoms. The number of rotatable bonds is 21. The van der Waals surface area contributed by atoms with Crippen molar-refractivity contribution in [2.75, 3.05) is 18.1 Å². The number of hydrogen-bond acceptors (Lipinski definition) is 3. The van der Waals surface area contributed by atoms with Crippen molar-refractivity contribution in [3.8, 4) is 5.75 Å². The summed E-state index contributed by atoms with van der Waals surface area (Å²) in [5, 5.41) is 2.58. The third-order valence-corrected chi connectivity index (χ3v) is 14.2. The maximum atomic E-state index is 7.30. The Morgan fingerprint density at radius 2 is 1.14 bits per heavy atom. The van der Waals surface area contributed by atoms with Gasteiger partial charge in [0.15, 0.2) is 0 Å². The number of methoxy groups -OCH3 is 1. The Morgan fingerprint density at radius 1 is 0.651 bits per heavy atom. The fourth-order valence-electron chi connectivity index (χ4n) is 6.01. The first-order valence-corrected chi connectivity index (χ1v) is 19.9. The van der Waals surface area contributed by atoms with E-state index in [0.717, 1.165) is 17.7 Å². The Bertz CT molecular complexity index is 1080. The Balaban J connectivity index is 1.67. The minimum atomic E-state index is -2.61. The monoisotopic (exact) mass is 714 g/mol.